The van der Waals surface area contributed by atoms with E-state index in [-0.39, 0.29) is 11.3 Å². The van der Waals surface area contributed by atoms with Crippen LogP contribution in [0.15, 0.2) is 24.3 Å². The number of phenolic OH excluding ortho intramolecular Hbond substituents is 1. The Labute approximate surface area is 264 Å². The highest BCUT2D eigenvalue weighted by molar-refractivity contribution is 5.99. The van der Waals surface area contributed by atoms with E-state index in [0.717, 1.165) is 106 Å². The quantitative estimate of drug-likeness (QED) is 0.388. The zero-order valence-corrected chi connectivity index (χ0v) is 26.0. The number of anilines is 3. The number of nitrogens with one attached hydrogen (secondary N) is 2. The van der Waals surface area contributed by atoms with Crippen molar-refractivity contribution in [2.75, 3.05) is 54.4 Å². The van der Waals surface area contributed by atoms with E-state index >= 15 is 0 Å². The van der Waals surface area contributed by atoms with E-state index in [1.165, 1.54) is 47.8 Å². The highest BCUT2D eigenvalue weighted by Crippen LogP contribution is 2.51. The topological polar surface area (TPSA) is 96.9 Å². The summed E-state index contributed by atoms with van der Waals surface area (Å²) in [6.07, 6.45) is 9.94. The molecule has 0 radical (unpaired) electrons. The zero-order valence-electron chi connectivity index (χ0n) is 26.0. The van der Waals surface area contributed by atoms with Crippen molar-refractivity contribution in [3.05, 3.63) is 46.6 Å². The summed E-state index contributed by atoms with van der Waals surface area (Å²) in [5.74, 6) is 3.61. The minimum Gasteiger partial charge on any atom is -0.508 e. The molecule has 3 N–H and O–H groups in total. The van der Waals surface area contributed by atoms with E-state index in [0.29, 0.717) is 30.3 Å². The van der Waals surface area contributed by atoms with Crippen LogP contribution in [0.4, 0.5) is 17.5 Å². The highest BCUT2D eigenvalue weighted by atomic mass is 16.3. The van der Waals surface area contributed by atoms with Gasteiger partial charge in [0.1, 0.15) is 11.6 Å². The molecule has 2 bridgehead atoms. The fourth-order valence-electron chi connectivity index (χ4n) is 9.57. The summed E-state index contributed by atoms with van der Waals surface area (Å²) in [6.45, 7) is 6.56. The maximum Gasteiger partial charge on any atom is 0.234 e. The van der Waals surface area contributed by atoms with Gasteiger partial charge in [0.2, 0.25) is 11.9 Å². The average Bonchev–Trinajstić information content (AvgIpc) is 3.81. The highest BCUT2D eigenvalue weighted by Gasteiger charge is 2.54. The lowest BCUT2D eigenvalue weighted by molar-refractivity contribution is -0.121. The third-order valence-corrected chi connectivity index (χ3v) is 12.2. The van der Waals surface area contributed by atoms with Crippen LogP contribution in [-0.4, -0.2) is 77.2 Å². The van der Waals surface area contributed by atoms with Crippen molar-refractivity contribution >= 4 is 34.1 Å². The van der Waals surface area contributed by atoms with Gasteiger partial charge in [0.15, 0.2) is 0 Å². The van der Waals surface area contributed by atoms with E-state index in [1.807, 2.05) is 12.1 Å². The Balaban J connectivity index is 0.994. The fourth-order valence-corrected chi connectivity index (χ4v) is 9.57. The molecule has 2 aromatic carbocycles. The lowest BCUT2D eigenvalue weighted by Crippen LogP contribution is -2.52. The molecule has 1 aromatic heterocycles. The largest absolute Gasteiger partial charge is 0.508 e. The Morgan fingerprint density at radius 1 is 0.978 bits per heavy atom. The Bertz CT molecular complexity index is 1710. The Morgan fingerprint density at radius 3 is 2.60 bits per heavy atom. The number of rotatable bonds is 6. The number of likely N-dealkylation sites (tertiary alicyclic amines) is 1. The monoisotopic (exact) mass is 605 g/mol. The normalized spacial score (nSPS) is 29.1. The molecule has 3 saturated heterocycles. The van der Waals surface area contributed by atoms with Crippen molar-refractivity contribution in [3.63, 3.8) is 0 Å². The van der Waals surface area contributed by atoms with Crippen LogP contribution in [0.25, 0.3) is 10.8 Å². The SMILES string of the molecule is O=C(Nc1nc2c(c(N3C[C@H]4CC[C@@H](C3)N4)n1)CCN(c1cc(O)cc3ccc4c(c13)CCC4)C2)C1(CN2CC3CC3C2)CC1. The number of aromatic nitrogens is 2. The van der Waals surface area contributed by atoms with E-state index < -0.39 is 0 Å². The maximum atomic E-state index is 13.8. The average molecular weight is 606 g/mol. The van der Waals surface area contributed by atoms with Gasteiger partial charge in [-0.3, -0.25) is 10.1 Å². The molecule has 4 atom stereocenters. The van der Waals surface area contributed by atoms with Gasteiger partial charge < -0.3 is 25.1 Å². The number of hydrogen-bond donors (Lipinski definition) is 3. The molecule has 0 spiro atoms. The van der Waals surface area contributed by atoms with Crippen LogP contribution < -0.4 is 20.4 Å². The number of carbonyl (C=O) groups excluding carboxylic acids is 1. The van der Waals surface area contributed by atoms with Crippen LogP contribution >= 0.6 is 0 Å². The Kier molecular flexibility index (Phi) is 5.82. The second kappa shape index (κ2) is 9.79. The van der Waals surface area contributed by atoms with Crippen molar-refractivity contribution in [3.8, 4) is 5.75 Å². The van der Waals surface area contributed by atoms with Gasteiger partial charge in [0.05, 0.1) is 17.7 Å². The van der Waals surface area contributed by atoms with Crippen LogP contribution in [0.5, 0.6) is 5.75 Å². The van der Waals surface area contributed by atoms with Crippen molar-refractivity contribution in [1.82, 2.24) is 20.2 Å². The maximum absolute atomic E-state index is 13.8. The zero-order chi connectivity index (χ0) is 29.9. The summed E-state index contributed by atoms with van der Waals surface area (Å²) in [5.41, 5.74) is 5.90. The lowest BCUT2D eigenvalue weighted by Gasteiger charge is -2.38. The van der Waals surface area contributed by atoms with Crippen LogP contribution in [0.3, 0.4) is 0 Å². The third-order valence-electron chi connectivity index (χ3n) is 12.2. The molecule has 2 unspecified atom stereocenters. The predicted octanol–water partition coefficient (Wildman–Crippen LogP) is 4.00. The lowest BCUT2D eigenvalue weighted by atomic mass is 9.96. The molecule has 1 amide bonds. The second-order valence-electron chi connectivity index (χ2n) is 15.3. The van der Waals surface area contributed by atoms with E-state index in [4.69, 9.17) is 9.97 Å². The number of fused-ring (bicyclic) bond motifs is 7. The summed E-state index contributed by atoms with van der Waals surface area (Å²) < 4.78 is 0. The van der Waals surface area contributed by atoms with Gasteiger partial charge in [-0.1, -0.05) is 12.1 Å². The predicted molar refractivity (Wildman–Crippen MR) is 175 cm³/mol. The number of carbonyl (C=O) groups is 1. The number of amides is 1. The van der Waals surface area contributed by atoms with Gasteiger partial charge in [-0.15, -0.1) is 0 Å². The van der Waals surface area contributed by atoms with Gasteiger partial charge in [0, 0.05) is 74.1 Å². The molecular formula is C36H43N7O2. The molecule has 10 rings (SSSR count). The number of aryl methyl sites for hydroxylation is 2. The Morgan fingerprint density at radius 2 is 1.80 bits per heavy atom. The number of nitrogens with zero attached hydrogens (tertiary/aromatic N) is 5. The standard InChI is InChI=1S/C36H43N7O2/c44-27-13-22-5-4-21-2-1-3-28(21)32(22)31(14-27)42-11-8-29-30(19-42)38-35(39-33(29)43-17-25-6-7-26(18-43)37-25)40-34(45)36(9-10-36)20-41-15-23-12-24(23)16-41/h4-5,13-14,23-26,37,44H,1-3,6-12,15-20H2,(H,38,39,40,45)/t23?,24?,25-,26+. The van der Waals surface area contributed by atoms with Gasteiger partial charge in [-0.25, -0.2) is 4.98 Å². The van der Waals surface area contributed by atoms with E-state index in [2.05, 4.69) is 37.5 Å². The van der Waals surface area contributed by atoms with E-state index in [9.17, 15) is 9.90 Å². The van der Waals surface area contributed by atoms with Crippen LogP contribution in [0.1, 0.15) is 60.9 Å². The first-order valence-corrected chi connectivity index (χ1v) is 17.4. The molecule has 7 aliphatic rings. The Hall–Kier alpha value is -3.43. The number of piperazine rings is 1. The van der Waals surface area contributed by atoms with E-state index in [1.54, 1.807) is 0 Å². The molecule has 3 aliphatic carbocycles. The first-order valence-electron chi connectivity index (χ1n) is 17.4. The van der Waals surface area contributed by atoms with Crippen molar-refractivity contribution in [1.29, 1.82) is 0 Å². The number of benzene rings is 2. The minimum atomic E-state index is -0.294. The second-order valence-corrected chi connectivity index (χ2v) is 15.3. The van der Waals surface area contributed by atoms with Gasteiger partial charge in [0.25, 0.3) is 0 Å². The smallest absolute Gasteiger partial charge is 0.234 e. The molecule has 9 heteroatoms. The molecule has 9 nitrogen and oxygen atoms in total. The number of piperidine rings is 1. The van der Waals surface area contributed by atoms with Gasteiger partial charge >= 0.3 is 0 Å². The first-order chi connectivity index (χ1) is 22.0. The number of phenols is 1. The number of aromatic hydroxyl groups is 1. The number of hydrogen-bond acceptors (Lipinski definition) is 8. The van der Waals surface area contributed by atoms with Crippen molar-refractivity contribution in [2.45, 2.75) is 76.4 Å². The van der Waals surface area contributed by atoms with Crippen LogP contribution in [-0.2, 0) is 30.6 Å². The third kappa shape index (κ3) is 4.52. The van der Waals surface area contributed by atoms with Gasteiger partial charge in [-0.05, 0) is 92.2 Å². The molecule has 5 fully saturated rings. The van der Waals surface area contributed by atoms with Crippen molar-refractivity contribution < 1.29 is 9.90 Å². The summed E-state index contributed by atoms with van der Waals surface area (Å²) >= 11 is 0. The molecule has 5 heterocycles. The summed E-state index contributed by atoms with van der Waals surface area (Å²) in [4.78, 5) is 31.5. The molecule has 4 aliphatic heterocycles. The molecular weight excluding hydrogens is 562 g/mol. The molecule has 2 saturated carbocycles. The summed E-state index contributed by atoms with van der Waals surface area (Å²) in [6, 6.07) is 9.26. The molecule has 234 valence electrons. The summed E-state index contributed by atoms with van der Waals surface area (Å²) in [7, 11) is 0. The molecule has 45 heavy (non-hydrogen) atoms. The minimum absolute atomic E-state index is 0.0940. The molecule has 3 aromatic rings. The van der Waals surface area contributed by atoms with Crippen LogP contribution in [0.2, 0.25) is 0 Å². The van der Waals surface area contributed by atoms with Crippen LogP contribution in [0, 0.1) is 17.3 Å². The first kappa shape index (κ1) is 26.8. The van der Waals surface area contributed by atoms with Gasteiger partial charge in [-0.2, -0.15) is 4.98 Å². The summed E-state index contributed by atoms with van der Waals surface area (Å²) in [5, 5.41) is 20.2. The van der Waals surface area contributed by atoms with Crippen molar-refractivity contribution in [2.24, 2.45) is 17.3 Å². The fraction of sp³-hybridized carbons (Fsp3) is 0.583.